The Morgan fingerprint density at radius 1 is 1.50 bits per heavy atom. The summed E-state index contributed by atoms with van der Waals surface area (Å²) in [6.07, 6.45) is 0. The van der Waals surface area contributed by atoms with Crippen molar-refractivity contribution in [1.29, 1.82) is 5.26 Å². The van der Waals surface area contributed by atoms with E-state index >= 15 is 0 Å². The molecule has 0 radical (unpaired) electrons. The van der Waals surface area contributed by atoms with Gasteiger partial charge in [-0.1, -0.05) is 6.07 Å². The standard InChI is InChI=1S/C10H13N3O2S/c1-8-2-3-10(9(6-8)7-11)13-4-5-16(12,14)15/h2-3,6,13H,4-5H2,1H3,(H2,12,14,15). The number of aryl methyl sites for hydroxylation is 1. The molecule has 0 saturated carbocycles. The van der Waals surface area contributed by atoms with Gasteiger partial charge in [0, 0.05) is 6.54 Å². The molecule has 0 aromatic heterocycles. The highest BCUT2D eigenvalue weighted by Gasteiger charge is 2.04. The van der Waals surface area contributed by atoms with Crippen LogP contribution in [0.5, 0.6) is 0 Å². The van der Waals surface area contributed by atoms with Crippen LogP contribution in [-0.2, 0) is 10.0 Å². The SMILES string of the molecule is Cc1ccc(NCCS(N)(=O)=O)c(C#N)c1. The predicted octanol–water partition coefficient (Wildman–Crippen LogP) is 0.567. The predicted molar refractivity (Wildman–Crippen MR) is 62.4 cm³/mol. The first-order valence-electron chi connectivity index (χ1n) is 4.67. The number of rotatable bonds is 4. The lowest BCUT2D eigenvalue weighted by Crippen LogP contribution is -2.22. The van der Waals surface area contributed by atoms with Gasteiger partial charge in [-0.2, -0.15) is 5.26 Å². The molecule has 0 fully saturated rings. The zero-order valence-electron chi connectivity index (χ0n) is 8.90. The van der Waals surface area contributed by atoms with Gasteiger partial charge in [0.25, 0.3) is 0 Å². The molecule has 0 aliphatic heterocycles. The van der Waals surface area contributed by atoms with E-state index in [0.717, 1.165) is 5.56 Å². The summed E-state index contributed by atoms with van der Waals surface area (Å²) < 4.78 is 21.4. The summed E-state index contributed by atoms with van der Waals surface area (Å²) in [7, 11) is -3.47. The fourth-order valence-electron chi connectivity index (χ4n) is 1.23. The highest BCUT2D eigenvalue weighted by atomic mass is 32.2. The number of primary sulfonamides is 1. The van der Waals surface area contributed by atoms with Gasteiger partial charge in [-0.05, 0) is 24.6 Å². The van der Waals surface area contributed by atoms with Crippen molar-refractivity contribution in [2.24, 2.45) is 5.14 Å². The van der Waals surface area contributed by atoms with E-state index in [0.29, 0.717) is 11.3 Å². The molecule has 0 bridgehead atoms. The number of benzene rings is 1. The molecule has 0 amide bonds. The minimum absolute atomic E-state index is 0.161. The Hall–Kier alpha value is -1.58. The summed E-state index contributed by atoms with van der Waals surface area (Å²) in [6, 6.07) is 7.37. The molecule has 0 heterocycles. The minimum Gasteiger partial charge on any atom is -0.383 e. The number of hydrogen-bond donors (Lipinski definition) is 2. The molecule has 0 unspecified atom stereocenters. The smallest absolute Gasteiger partial charge is 0.210 e. The normalized spacial score (nSPS) is 10.8. The van der Waals surface area contributed by atoms with Gasteiger partial charge in [0.1, 0.15) is 6.07 Å². The number of anilines is 1. The molecule has 16 heavy (non-hydrogen) atoms. The fraction of sp³-hybridized carbons (Fsp3) is 0.300. The van der Waals surface area contributed by atoms with E-state index in [1.165, 1.54) is 0 Å². The van der Waals surface area contributed by atoms with Gasteiger partial charge < -0.3 is 5.32 Å². The van der Waals surface area contributed by atoms with Crippen LogP contribution < -0.4 is 10.5 Å². The Labute approximate surface area is 94.9 Å². The van der Waals surface area contributed by atoms with E-state index < -0.39 is 10.0 Å². The molecule has 5 nitrogen and oxygen atoms in total. The first kappa shape index (κ1) is 12.5. The maximum Gasteiger partial charge on any atom is 0.210 e. The van der Waals surface area contributed by atoms with Crippen LogP contribution in [0.15, 0.2) is 18.2 Å². The van der Waals surface area contributed by atoms with E-state index in [2.05, 4.69) is 5.32 Å². The third-order valence-electron chi connectivity index (χ3n) is 2.00. The molecule has 1 aromatic rings. The third kappa shape index (κ3) is 3.88. The first-order valence-corrected chi connectivity index (χ1v) is 6.39. The number of nitrogens with two attached hydrogens (primary N) is 1. The zero-order valence-corrected chi connectivity index (χ0v) is 9.71. The Bertz CT molecular complexity index is 517. The third-order valence-corrected chi connectivity index (χ3v) is 2.77. The second-order valence-electron chi connectivity index (χ2n) is 3.45. The largest absolute Gasteiger partial charge is 0.383 e. The Kier molecular flexibility index (Phi) is 3.88. The summed E-state index contributed by atoms with van der Waals surface area (Å²) in [4.78, 5) is 0. The molecule has 0 atom stereocenters. The van der Waals surface area contributed by atoms with Crippen molar-refractivity contribution in [2.75, 3.05) is 17.6 Å². The van der Waals surface area contributed by atoms with Crippen LogP contribution in [0.2, 0.25) is 0 Å². The molecule has 0 saturated heterocycles. The van der Waals surface area contributed by atoms with Crippen LogP contribution in [0, 0.1) is 18.3 Å². The number of hydrogen-bond acceptors (Lipinski definition) is 4. The highest BCUT2D eigenvalue weighted by molar-refractivity contribution is 7.89. The van der Waals surface area contributed by atoms with Gasteiger partial charge in [-0.3, -0.25) is 0 Å². The molecule has 3 N–H and O–H groups in total. The molecular weight excluding hydrogens is 226 g/mol. The van der Waals surface area contributed by atoms with E-state index in [-0.39, 0.29) is 12.3 Å². The topological polar surface area (TPSA) is 96.0 Å². The molecule has 0 aliphatic rings. The number of nitrogens with zero attached hydrogens (tertiary/aromatic N) is 1. The average Bonchev–Trinajstić information content (AvgIpc) is 2.18. The van der Waals surface area contributed by atoms with Gasteiger partial charge in [0.2, 0.25) is 10.0 Å². The Morgan fingerprint density at radius 3 is 2.75 bits per heavy atom. The van der Waals surface area contributed by atoms with Crippen LogP contribution in [0.1, 0.15) is 11.1 Å². The Morgan fingerprint density at radius 2 is 2.19 bits per heavy atom. The second-order valence-corrected chi connectivity index (χ2v) is 5.19. The molecular formula is C10H13N3O2S. The molecule has 0 aliphatic carbocycles. The van der Waals surface area contributed by atoms with Gasteiger partial charge in [-0.25, -0.2) is 13.6 Å². The van der Waals surface area contributed by atoms with Crippen LogP contribution in [-0.4, -0.2) is 20.7 Å². The van der Waals surface area contributed by atoms with Crippen LogP contribution >= 0.6 is 0 Å². The monoisotopic (exact) mass is 239 g/mol. The van der Waals surface area contributed by atoms with Crippen molar-refractivity contribution in [3.63, 3.8) is 0 Å². The van der Waals surface area contributed by atoms with Crippen LogP contribution in [0.3, 0.4) is 0 Å². The maximum atomic E-state index is 10.7. The number of nitriles is 1. The summed E-state index contributed by atoms with van der Waals surface area (Å²) in [5, 5.41) is 16.6. The lowest BCUT2D eigenvalue weighted by atomic mass is 10.1. The molecule has 1 rings (SSSR count). The van der Waals surface area contributed by atoms with E-state index in [1.54, 1.807) is 12.1 Å². The average molecular weight is 239 g/mol. The lowest BCUT2D eigenvalue weighted by Gasteiger charge is -2.07. The van der Waals surface area contributed by atoms with Crippen molar-refractivity contribution in [2.45, 2.75) is 6.92 Å². The van der Waals surface area contributed by atoms with E-state index in [4.69, 9.17) is 10.4 Å². The number of sulfonamides is 1. The zero-order chi connectivity index (χ0) is 12.2. The summed E-state index contributed by atoms with van der Waals surface area (Å²) in [6.45, 7) is 2.07. The van der Waals surface area contributed by atoms with Crippen molar-refractivity contribution in [3.05, 3.63) is 29.3 Å². The van der Waals surface area contributed by atoms with Crippen molar-refractivity contribution in [3.8, 4) is 6.07 Å². The molecule has 0 spiro atoms. The van der Waals surface area contributed by atoms with E-state index in [9.17, 15) is 8.42 Å². The maximum absolute atomic E-state index is 10.7. The summed E-state index contributed by atoms with van der Waals surface area (Å²) in [5.74, 6) is -0.161. The van der Waals surface area contributed by atoms with E-state index in [1.807, 2.05) is 19.1 Å². The lowest BCUT2D eigenvalue weighted by molar-refractivity contribution is 0.598. The second kappa shape index (κ2) is 4.96. The van der Waals surface area contributed by atoms with Crippen molar-refractivity contribution in [1.82, 2.24) is 0 Å². The first-order chi connectivity index (χ1) is 7.42. The van der Waals surface area contributed by atoms with Gasteiger partial charge in [-0.15, -0.1) is 0 Å². The quantitative estimate of drug-likeness (QED) is 0.802. The minimum atomic E-state index is -3.47. The molecule has 1 aromatic carbocycles. The number of nitrogens with one attached hydrogen (secondary N) is 1. The summed E-state index contributed by atoms with van der Waals surface area (Å²) in [5.41, 5.74) is 2.10. The van der Waals surface area contributed by atoms with Crippen LogP contribution in [0.4, 0.5) is 5.69 Å². The van der Waals surface area contributed by atoms with Crippen LogP contribution in [0.25, 0.3) is 0 Å². The highest BCUT2D eigenvalue weighted by Crippen LogP contribution is 2.15. The molecule has 86 valence electrons. The summed E-state index contributed by atoms with van der Waals surface area (Å²) >= 11 is 0. The fourth-order valence-corrected chi connectivity index (χ4v) is 1.62. The molecule has 6 heteroatoms. The van der Waals surface area contributed by atoms with Gasteiger partial charge >= 0.3 is 0 Å². The Balaban J connectivity index is 2.72. The van der Waals surface area contributed by atoms with Gasteiger partial charge in [0.15, 0.2) is 0 Å². The van der Waals surface area contributed by atoms with Gasteiger partial charge in [0.05, 0.1) is 17.0 Å². The van der Waals surface area contributed by atoms with Crippen molar-refractivity contribution < 1.29 is 8.42 Å². The van der Waals surface area contributed by atoms with Crippen molar-refractivity contribution >= 4 is 15.7 Å².